The molecule has 5 nitrogen and oxygen atoms in total. The van der Waals surface area contributed by atoms with Gasteiger partial charge in [-0.05, 0) is 6.92 Å². The van der Waals surface area contributed by atoms with Gasteiger partial charge >= 0.3 is 12.6 Å². The molecule has 0 saturated carbocycles. The molecular weight excluding hydrogens is 198 g/mol. The number of aromatic carboxylic acids is 1. The largest absolute Gasteiger partial charge is 0.477 e. The Morgan fingerprint density at radius 1 is 1.64 bits per heavy atom. The Bertz CT molecular complexity index is 362. The van der Waals surface area contributed by atoms with E-state index >= 15 is 0 Å². The second-order valence-corrected chi connectivity index (χ2v) is 2.59. The summed E-state index contributed by atoms with van der Waals surface area (Å²) in [5.41, 5.74) is -0.0825. The van der Waals surface area contributed by atoms with E-state index < -0.39 is 12.6 Å². The Morgan fingerprint density at radius 2 is 2.21 bits per heavy atom. The lowest BCUT2D eigenvalue weighted by Gasteiger charge is -1.99. The molecule has 0 radical (unpaired) electrons. The molecule has 1 N–H and O–H groups in total. The van der Waals surface area contributed by atoms with Crippen molar-refractivity contribution in [3.05, 3.63) is 11.3 Å². The van der Waals surface area contributed by atoms with Crippen LogP contribution in [-0.2, 0) is 7.05 Å². The Labute approximate surface area is 77.9 Å². The zero-order valence-corrected chi connectivity index (χ0v) is 7.49. The summed E-state index contributed by atoms with van der Waals surface area (Å²) in [7, 11) is 1.34. The third kappa shape index (κ3) is 1.81. The van der Waals surface area contributed by atoms with Crippen LogP contribution in [0, 0.1) is 6.92 Å². The van der Waals surface area contributed by atoms with E-state index in [0.717, 1.165) is 4.68 Å². The predicted octanol–water partition coefficient (Wildman–Crippen LogP) is 1.03. The van der Waals surface area contributed by atoms with Crippen LogP contribution in [0.2, 0.25) is 0 Å². The molecule has 0 aliphatic rings. The number of halogens is 2. The maximum atomic E-state index is 11.8. The summed E-state index contributed by atoms with van der Waals surface area (Å²) in [5.74, 6) is -1.60. The predicted molar refractivity (Wildman–Crippen MR) is 41.5 cm³/mol. The van der Waals surface area contributed by atoms with Crippen LogP contribution in [0.4, 0.5) is 8.78 Å². The fraction of sp³-hybridized carbons (Fsp3) is 0.429. The average molecular weight is 206 g/mol. The molecule has 0 atom stereocenters. The highest BCUT2D eigenvalue weighted by Crippen LogP contribution is 2.21. The van der Waals surface area contributed by atoms with Gasteiger partial charge in [0.1, 0.15) is 0 Å². The van der Waals surface area contributed by atoms with Gasteiger partial charge in [0.2, 0.25) is 5.88 Å². The molecule has 0 aliphatic carbocycles. The maximum absolute atomic E-state index is 11.8. The SMILES string of the molecule is Cc1c(OC(F)F)nn(C)c1C(=O)O. The lowest BCUT2D eigenvalue weighted by Crippen LogP contribution is -2.06. The third-order valence-electron chi connectivity index (χ3n) is 1.64. The fourth-order valence-corrected chi connectivity index (χ4v) is 1.10. The van der Waals surface area contributed by atoms with E-state index in [1.54, 1.807) is 0 Å². The van der Waals surface area contributed by atoms with Crippen molar-refractivity contribution in [1.82, 2.24) is 9.78 Å². The minimum absolute atomic E-state index is 0.0836. The second kappa shape index (κ2) is 3.60. The van der Waals surface area contributed by atoms with Gasteiger partial charge in [-0.1, -0.05) is 0 Å². The number of carboxylic acid groups (broad SMARTS) is 1. The van der Waals surface area contributed by atoms with Gasteiger partial charge in [0.05, 0.1) is 0 Å². The number of ether oxygens (including phenoxy) is 1. The monoisotopic (exact) mass is 206 g/mol. The van der Waals surface area contributed by atoms with Gasteiger partial charge in [-0.2, -0.15) is 8.78 Å². The summed E-state index contributed by atoms with van der Waals surface area (Å²) in [5, 5.41) is 12.2. The molecule has 1 aromatic rings. The zero-order valence-electron chi connectivity index (χ0n) is 7.49. The van der Waals surface area contributed by atoms with Crippen LogP contribution in [0.25, 0.3) is 0 Å². The minimum Gasteiger partial charge on any atom is -0.477 e. The number of nitrogens with zero attached hydrogens (tertiary/aromatic N) is 2. The van der Waals surface area contributed by atoms with Crippen LogP contribution >= 0.6 is 0 Å². The first-order valence-corrected chi connectivity index (χ1v) is 3.65. The van der Waals surface area contributed by atoms with Gasteiger partial charge in [0.25, 0.3) is 0 Å². The molecule has 0 amide bonds. The standard InChI is InChI=1S/C7H8F2N2O3/c1-3-4(6(12)13)11(2)10-5(3)14-7(8)9/h7H,1-2H3,(H,12,13). The van der Waals surface area contributed by atoms with Gasteiger partial charge in [0.15, 0.2) is 5.69 Å². The minimum atomic E-state index is -3.01. The Balaban J connectivity index is 3.10. The van der Waals surface area contributed by atoms with Crippen molar-refractivity contribution >= 4 is 5.97 Å². The number of aromatic nitrogens is 2. The second-order valence-electron chi connectivity index (χ2n) is 2.59. The van der Waals surface area contributed by atoms with E-state index in [2.05, 4.69) is 9.84 Å². The number of carbonyl (C=O) groups is 1. The van der Waals surface area contributed by atoms with Crippen LogP contribution < -0.4 is 4.74 Å². The highest BCUT2D eigenvalue weighted by atomic mass is 19.3. The number of aryl methyl sites for hydroxylation is 1. The molecule has 0 aromatic carbocycles. The van der Waals surface area contributed by atoms with E-state index in [1.807, 2.05) is 0 Å². The van der Waals surface area contributed by atoms with Crippen LogP contribution in [-0.4, -0.2) is 27.5 Å². The molecular formula is C7H8F2N2O3. The van der Waals surface area contributed by atoms with Crippen molar-refractivity contribution in [2.45, 2.75) is 13.5 Å². The molecule has 78 valence electrons. The Morgan fingerprint density at radius 3 is 2.57 bits per heavy atom. The summed E-state index contributed by atoms with van der Waals surface area (Å²) >= 11 is 0. The first-order valence-electron chi connectivity index (χ1n) is 3.65. The molecule has 1 rings (SSSR count). The average Bonchev–Trinajstić information content (AvgIpc) is 2.25. The van der Waals surface area contributed by atoms with Crippen molar-refractivity contribution in [1.29, 1.82) is 0 Å². The zero-order chi connectivity index (χ0) is 10.9. The summed E-state index contributed by atoms with van der Waals surface area (Å²) in [6.07, 6.45) is 0. The van der Waals surface area contributed by atoms with Crippen LogP contribution in [0.3, 0.4) is 0 Å². The lowest BCUT2D eigenvalue weighted by atomic mass is 10.2. The van der Waals surface area contributed by atoms with Crippen LogP contribution in [0.15, 0.2) is 0 Å². The Kier molecular flexibility index (Phi) is 2.68. The van der Waals surface area contributed by atoms with Gasteiger partial charge in [0, 0.05) is 12.6 Å². The summed E-state index contributed by atoms with van der Waals surface area (Å²) in [6.45, 7) is -1.65. The van der Waals surface area contributed by atoms with Crippen molar-refractivity contribution in [2.24, 2.45) is 7.05 Å². The van der Waals surface area contributed by atoms with E-state index in [9.17, 15) is 13.6 Å². The topological polar surface area (TPSA) is 64.4 Å². The highest BCUT2D eigenvalue weighted by Gasteiger charge is 2.20. The van der Waals surface area contributed by atoms with Crippen molar-refractivity contribution < 1.29 is 23.4 Å². The van der Waals surface area contributed by atoms with E-state index in [0.29, 0.717) is 0 Å². The molecule has 0 bridgehead atoms. The molecule has 0 fully saturated rings. The van der Waals surface area contributed by atoms with Gasteiger partial charge in [-0.3, -0.25) is 4.68 Å². The number of alkyl halides is 2. The quantitative estimate of drug-likeness (QED) is 0.802. The van der Waals surface area contributed by atoms with Gasteiger partial charge in [-0.25, -0.2) is 4.79 Å². The van der Waals surface area contributed by atoms with Crippen LogP contribution in [0.1, 0.15) is 16.1 Å². The number of carboxylic acids is 1. The molecule has 7 heteroatoms. The fourth-order valence-electron chi connectivity index (χ4n) is 1.10. The summed E-state index contributed by atoms with van der Waals surface area (Å²) < 4.78 is 28.7. The van der Waals surface area contributed by atoms with E-state index in [1.165, 1.54) is 14.0 Å². The smallest absolute Gasteiger partial charge is 0.388 e. The van der Waals surface area contributed by atoms with E-state index in [-0.39, 0.29) is 17.1 Å². The summed E-state index contributed by atoms with van der Waals surface area (Å²) in [4.78, 5) is 10.6. The van der Waals surface area contributed by atoms with Crippen molar-refractivity contribution in [3.63, 3.8) is 0 Å². The molecule has 1 aromatic heterocycles. The molecule has 0 unspecified atom stereocenters. The third-order valence-corrected chi connectivity index (χ3v) is 1.64. The number of hydrogen-bond acceptors (Lipinski definition) is 3. The molecule has 1 heterocycles. The van der Waals surface area contributed by atoms with Crippen molar-refractivity contribution in [3.8, 4) is 5.88 Å². The molecule has 0 spiro atoms. The number of hydrogen-bond donors (Lipinski definition) is 1. The molecule has 0 aliphatic heterocycles. The van der Waals surface area contributed by atoms with Gasteiger partial charge < -0.3 is 9.84 Å². The van der Waals surface area contributed by atoms with E-state index in [4.69, 9.17) is 5.11 Å². The summed E-state index contributed by atoms with van der Waals surface area (Å²) in [6, 6.07) is 0. The van der Waals surface area contributed by atoms with Crippen molar-refractivity contribution in [2.75, 3.05) is 0 Å². The maximum Gasteiger partial charge on any atom is 0.388 e. The highest BCUT2D eigenvalue weighted by molar-refractivity contribution is 5.88. The van der Waals surface area contributed by atoms with Crippen LogP contribution in [0.5, 0.6) is 5.88 Å². The first-order chi connectivity index (χ1) is 6.43. The normalized spacial score (nSPS) is 10.6. The number of rotatable bonds is 3. The van der Waals surface area contributed by atoms with Gasteiger partial charge in [-0.15, -0.1) is 5.10 Å². The molecule has 0 saturated heterocycles. The lowest BCUT2D eigenvalue weighted by molar-refractivity contribution is -0.0535. The Hall–Kier alpha value is -1.66. The molecule has 14 heavy (non-hydrogen) atoms. The first kappa shape index (κ1) is 10.4.